The average Bonchev–Trinajstić information content (AvgIpc) is 2.38. The quantitative estimate of drug-likeness (QED) is 0.708. The Morgan fingerprint density at radius 1 is 1.22 bits per heavy atom. The van der Waals surface area contributed by atoms with Crippen molar-refractivity contribution in [2.45, 2.75) is 27.2 Å². The Morgan fingerprint density at radius 2 is 2.00 bits per heavy atom. The minimum Gasteiger partial charge on any atom is -0.354 e. The van der Waals surface area contributed by atoms with Crippen molar-refractivity contribution in [1.29, 1.82) is 0 Å². The summed E-state index contributed by atoms with van der Waals surface area (Å²) >= 11 is 0. The van der Waals surface area contributed by atoms with E-state index < -0.39 is 0 Å². The molecule has 1 aromatic heterocycles. The number of nitrogens with zero attached hydrogens (tertiary/aromatic N) is 4. The van der Waals surface area contributed by atoms with Gasteiger partial charge in [0, 0.05) is 25.8 Å². The number of hydrogen-bond acceptors (Lipinski definition) is 4. The lowest BCUT2D eigenvalue weighted by Gasteiger charge is -2.25. The molecule has 0 bridgehead atoms. The minimum absolute atomic E-state index is 0.773. The van der Waals surface area contributed by atoms with Gasteiger partial charge in [-0.3, -0.25) is 0 Å². The fourth-order valence-corrected chi connectivity index (χ4v) is 1.78. The van der Waals surface area contributed by atoms with E-state index in [0.29, 0.717) is 0 Å². The van der Waals surface area contributed by atoms with Gasteiger partial charge >= 0.3 is 0 Å². The van der Waals surface area contributed by atoms with Gasteiger partial charge in [-0.2, -0.15) is 5.10 Å². The molecular formula is C14H26N4. The number of hydrogen-bond donors (Lipinski definition) is 0. The molecule has 0 aliphatic rings. The summed E-state index contributed by atoms with van der Waals surface area (Å²) in [6, 6.07) is 3.96. The zero-order chi connectivity index (χ0) is 13.4. The lowest BCUT2D eigenvalue weighted by molar-refractivity contribution is 0.315. The molecule has 0 amide bonds. The summed E-state index contributed by atoms with van der Waals surface area (Å²) in [5.41, 5.74) is 0. The molecule has 0 radical (unpaired) electrons. The van der Waals surface area contributed by atoms with E-state index in [1.165, 1.54) is 6.42 Å². The summed E-state index contributed by atoms with van der Waals surface area (Å²) in [5, 5.41) is 8.09. The van der Waals surface area contributed by atoms with Gasteiger partial charge in [0.15, 0.2) is 5.82 Å². The monoisotopic (exact) mass is 250 g/mol. The molecule has 1 aromatic rings. The minimum atomic E-state index is 0.773. The number of anilines is 1. The molecule has 18 heavy (non-hydrogen) atoms. The maximum Gasteiger partial charge on any atom is 0.151 e. The van der Waals surface area contributed by atoms with Crippen LogP contribution in [-0.2, 0) is 0 Å². The van der Waals surface area contributed by atoms with Gasteiger partial charge in [0.1, 0.15) is 0 Å². The van der Waals surface area contributed by atoms with Crippen molar-refractivity contribution < 1.29 is 0 Å². The van der Waals surface area contributed by atoms with E-state index in [1.807, 2.05) is 12.1 Å². The predicted octanol–water partition coefficient (Wildman–Crippen LogP) is 2.28. The van der Waals surface area contributed by atoms with E-state index in [4.69, 9.17) is 0 Å². The highest BCUT2D eigenvalue weighted by Gasteiger charge is 2.07. The van der Waals surface area contributed by atoms with Crippen molar-refractivity contribution in [1.82, 2.24) is 15.1 Å². The highest BCUT2D eigenvalue weighted by molar-refractivity contribution is 5.35. The second-order valence-corrected chi connectivity index (χ2v) is 5.15. The number of likely N-dealkylation sites (N-methyl/N-ethyl adjacent to an activating group) is 2. The highest BCUT2D eigenvalue weighted by atomic mass is 15.3. The Balaban J connectivity index is 2.36. The van der Waals surface area contributed by atoms with Crippen molar-refractivity contribution in [3.63, 3.8) is 0 Å². The molecule has 4 heteroatoms. The molecule has 0 aliphatic heterocycles. The molecule has 0 N–H and O–H groups in total. The van der Waals surface area contributed by atoms with Crippen molar-refractivity contribution >= 4 is 5.82 Å². The third-order valence-corrected chi connectivity index (χ3v) is 3.10. The van der Waals surface area contributed by atoms with E-state index in [2.05, 4.69) is 47.8 Å². The molecule has 0 atom stereocenters. The van der Waals surface area contributed by atoms with Gasteiger partial charge in [0.25, 0.3) is 0 Å². The van der Waals surface area contributed by atoms with E-state index in [0.717, 1.165) is 37.9 Å². The van der Waals surface area contributed by atoms with Crippen LogP contribution in [0.1, 0.15) is 27.2 Å². The first kappa shape index (κ1) is 14.9. The van der Waals surface area contributed by atoms with Crippen LogP contribution in [-0.4, -0.2) is 48.3 Å². The van der Waals surface area contributed by atoms with Crippen LogP contribution in [0, 0.1) is 5.92 Å². The lowest BCUT2D eigenvalue weighted by Crippen LogP contribution is -2.34. The average molecular weight is 250 g/mol. The van der Waals surface area contributed by atoms with Crippen molar-refractivity contribution in [2.24, 2.45) is 5.92 Å². The maximum absolute atomic E-state index is 4.16. The molecule has 1 rings (SSSR count). The maximum atomic E-state index is 4.16. The van der Waals surface area contributed by atoms with Crippen molar-refractivity contribution in [2.75, 3.05) is 38.1 Å². The van der Waals surface area contributed by atoms with Gasteiger partial charge in [-0.05, 0) is 45.0 Å². The molecule has 0 spiro atoms. The Labute approximate surface area is 111 Å². The van der Waals surface area contributed by atoms with Crippen molar-refractivity contribution in [3.8, 4) is 0 Å². The zero-order valence-corrected chi connectivity index (χ0v) is 12.1. The van der Waals surface area contributed by atoms with Gasteiger partial charge in [-0.25, -0.2) is 0 Å². The molecule has 0 saturated heterocycles. The molecule has 4 nitrogen and oxygen atoms in total. The normalized spacial score (nSPS) is 11.2. The number of aromatic nitrogens is 2. The highest BCUT2D eigenvalue weighted by Crippen LogP contribution is 2.07. The standard InChI is InChI=1S/C14H26N4/c1-5-18(14-7-6-9-15-16-14)12-11-17(4)10-8-13(2)3/h6-7,9,13H,5,8,10-12H2,1-4H3. The third kappa shape index (κ3) is 5.45. The van der Waals surface area contributed by atoms with E-state index in [9.17, 15) is 0 Å². The first-order chi connectivity index (χ1) is 8.63. The first-order valence-electron chi connectivity index (χ1n) is 6.84. The SMILES string of the molecule is CCN(CCN(C)CCC(C)C)c1cccnn1. The smallest absolute Gasteiger partial charge is 0.151 e. The summed E-state index contributed by atoms with van der Waals surface area (Å²) in [7, 11) is 2.19. The van der Waals surface area contributed by atoms with Crippen molar-refractivity contribution in [3.05, 3.63) is 18.3 Å². The zero-order valence-electron chi connectivity index (χ0n) is 12.1. The molecule has 0 unspecified atom stereocenters. The fraction of sp³-hybridized carbons (Fsp3) is 0.714. The van der Waals surface area contributed by atoms with Crippen LogP contribution in [0.25, 0.3) is 0 Å². The van der Waals surface area contributed by atoms with Gasteiger partial charge in [-0.1, -0.05) is 13.8 Å². The fourth-order valence-electron chi connectivity index (χ4n) is 1.78. The summed E-state index contributed by atoms with van der Waals surface area (Å²) in [6.45, 7) is 10.9. The third-order valence-electron chi connectivity index (χ3n) is 3.10. The second kappa shape index (κ2) is 8.03. The Bertz CT molecular complexity index is 313. The molecule has 1 heterocycles. The van der Waals surface area contributed by atoms with Crippen LogP contribution < -0.4 is 4.90 Å². The topological polar surface area (TPSA) is 32.3 Å². The van der Waals surface area contributed by atoms with Crippen LogP contribution in [0.4, 0.5) is 5.82 Å². The second-order valence-electron chi connectivity index (χ2n) is 5.15. The van der Waals surface area contributed by atoms with Crippen LogP contribution in [0.2, 0.25) is 0 Å². The van der Waals surface area contributed by atoms with E-state index in [1.54, 1.807) is 6.20 Å². The van der Waals surface area contributed by atoms with Crippen LogP contribution in [0.15, 0.2) is 18.3 Å². The number of rotatable bonds is 8. The summed E-state index contributed by atoms with van der Waals surface area (Å²) < 4.78 is 0. The summed E-state index contributed by atoms with van der Waals surface area (Å²) in [5.74, 6) is 1.74. The summed E-state index contributed by atoms with van der Waals surface area (Å²) in [4.78, 5) is 4.65. The molecule has 0 fully saturated rings. The molecule has 102 valence electrons. The predicted molar refractivity (Wildman–Crippen MR) is 76.9 cm³/mol. The van der Waals surface area contributed by atoms with Gasteiger partial charge < -0.3 is 9.80 Å². The van der Waals surface area contributed by atoms with E-state index >= 15 is 0 Å². The van der Waals surface area contributed by atoms with Crippen LogP contribution in [0.5, 0.6) is 0 Å². The Kier molecular flexibility index (Phi) is 6.65. The first-order valence-corrected chi connectivity index (χ1v) is 6.84. The summed E-state index contributed by atoms with van der Waals surface area (Å²) in [6.07, 6.45) is 2.97. The van der Waals surface area contributed by atoms with Gasteiger partial charge in [-0.15, -0.1) is 5.10 Å². The van der Waals surface area contributed by atoms with Gasteiger partial charge in [0.05, 0.1) is 0 Å². The molecule has 0 aliphatic carbocycles. The van der Waals surface area contributed by atoms with E-state index in [-0.39, 0.29) is 0 Å². The Hall–Kier alpha value is -1.16. The lowest BCUT2D eigenvalue weighted by atomic mass is 10.1. The molecule has 0 saturated carbocycles. The molecular weight excluding hydrogens is 224 g/mol. The Morgan fingerprint density at radius 3 is 2.56 bits per heavy atom. The van der Waals surface area contributed by atoms with Crippen LogP contribution >= 0.6 is 0 Å². The van der Waals surface area contributed by atoms with Crippen LogP contribution in [0.3, 0.4) is 0 Å². The molecule has 0 aromatic carbocycles. The largest absolute Gasteiger partial charge is 0.354 e. The van der Waals surface area contributed by atoms with Gasteiger partial charge in [0.2, 0.25) is 0 Å².